The molecule has 0 aliphatic rings. The first-order valence-corrected chi connectivity index (χ1v) is 9.35. The summed E-state index contributed by atoms with van der Waals surface area (Å²) in [7, 11) is 0. The summed E-state index contributed by atoms with van der Waals surface area (Å²) in [5.41, 5.74) is 8.14. The molecule has 9 nitrogen and oxygen atoms in total. The van der Waals surface area contributed by atoms with Gasteiger partial charge in [0, 0.05) is 12.7 Å². The number of imidazole rings is 1. The van der Waals surface area contributed by atoms with E-state index < -0.39 is 5.91 Å². The molecule has 0 saturated carbocycles. The maximum atomic E-state index is 11.9. The van der Waals surface area contributed by atoms with Gasteiger partial charge < -0.3 is 21.4 Å². The number of amides is 1. The molecule has 0 aliphatic heterocycles. The fraction of sp³-hybridized carbons (Fsp3) is 0.211. The minimum atomic E-state index is -0.513. The van der Waals surface area contributed by atoms with E-state index >= 15 is 0 Å². The third kappa shape index (κ3) is 6.09. The zero-order valence-corrected chi connectivity index (χ0v) is 16.4. The fourth-order valence-corrected chi connectivity index (χ4v) is 2.65. The Kier molecular flexibility index (Phi) is 7.26. The fourth-order valence-electron chi connectivity index (χ4n) is 2.46. The lowest BCUT2D eigenvalue weighted by atomic mass is 10.3. The Labute approximate surface area is 172 Å². The van der Waals surface area contributed by atoms with Crippen molar-refractivity contribution < 1.29 is 4.79 Å². The second kappa shape index (κ2) is 10.3. The molecule has 1 aromatic carbocycles. The summed E-state index contributed by atoms with van der Waals surface area (Å²) < 4.78 is 0. The van der Waals surface area contributed by atoms with Gasteiger partial charge in [-0.05, 0) is 24.3 Å². The van der Waals surface area contributed by atoms with Gasteiger partial charge in [-0.15, -0.1) is 0 Å². The van der Waals surface area contributed by atoms with Gasteiger partial charge in [0.05, 0.1) is 41.4 Å². The Balaban J connectivity index is 1.35. The Hall–Kier alpha value is -3.30. The number of aromatic nitrogens is 3. The maximum Gasteiger partial charge on any atom is 0.286 e. The monoisotopic (exact) mass is 412 g/mol. The van der Waals surface area contributed by atoms with Crippen molar-refractivity contribution >= 4 is 40.7 Å². The number of H-pyrrole nitrogens is 1. The van der Waals surface area contributed by atoms with E-state index in [0.717, 1.165) is 16.9 Å². The second-order valence-electron chi connectivity index (χ2n) is 6.03. The highest BCUT2D eigenvalue weighted by Gasteiger charge is 2.08. The van der Waals surface area contributed by atoms with Crippen molar-refractivity contribution in [1.82, 2.24) is 25.6 Å². The van der Waals surface area contributed by atoms with Crippen LogP contribution >= 0.6 is 11.6 Å². The number of carbonyl (C=O) groups excluding carboxylic acids is 1. The Bertz CT molecular complexity index is 997. The van der Waals surface area contributed by atoms with Gasteiger partial charge in [0.2, 0.25) is 0 Å². The van der Waals surface area contributed by atoms with Crippen LogP contribution in [0.2, 0.25) is 5.02 Å². The molecule has 0 bridgehead atoms. The molecule has 0 saturated heterocycles. The molecule has 0 spiro atoms. The summed E-state index contributed by atoms with van der Waals surface area (Å²) in [6.45, 7) is 1.89. The number of nitrogens with two attached hydrogens (primary N) is 1. The molecule has 2 heterocycles. The number of benzene rings is 1. The Morgan fingerprint density at radius 2 is 2.10 bits per heavy atom. The number of nitrogens with one attached hydrogen (secondary N) is 3. The van der Waals surface area contributed by atoms with Crippen LogP contribution in [-0.4, -0.2) is 46.1 Å². The smallest absolute Gasteiger partial charge is 0.286 e. The quantitative estimate of drug-likeness (QED) is 0.252. The molecule has 0 radical (unpaired) electrons. The zero-order chi connectivity index (χ0) is 20.5. The summed E-state index contributed by atoms with van der Waals surface area (Å²) >= 11 is 5.98. The van der Waals surface area contributed by atoms with Crippen molar-refractivity contribution in [2.45, 2.75) is 13.1 Å². The highest BCUT2D eigenvalue weighted by Crippen LogP contribution is 2.11. The molecule has 10 heteroatoms. The number of halogens is 1. The van der Waals surface area contributed by atoms with E-state index in [1.807, 2.05) is 24.3 Å². The van der Waals surface area contributed by atoms with E-state index in [4.69, 9.17) is 17.3 Å². The first-order valence-electron chi connectivity index (χ1n) is 8.97. The molecular formula is C19H21ClN8O. The van der Waals surface area contributed by atoms with Crippen LogP contribution < -0.4 is 16.4 Å². The van der Waals surface area contributed by atoms with Crippen molar-refractivity contribution in [3.63, 3.8) is 0 Å². The number of aliphatic imine (C=N–C) groups is 2. The number of para-hydroxylation sites is 2. The SMILES string of the molecule is NC(=NC=NCCNCc1nc2ccccc2[nH]1)C(=O)NCc1ncccc1Cl. The summed E-state index contributed by atoms with van der Waals surface area (Å²) in [5, 5.41) is 6.31. The van der Waals surface area contributed by atoms with E-state index in [1.54, 1.807) is 18.3 Å². The third-order valence-electron chi connectivity index (χ3n) is 3.91. The normalized spacial score (nSPS) is 12.0. The van der Waals surface area contributed by atoms with E-state index in [1.165, 1.54) is 6.34 Å². The summed E-state index contributed by atoms with van der Waals surface area (Å²) in [4.78, 5) is 31.6. The van der Waals surface area contributed by atoms with Gasteiger partial charge in [-0.25, -0.2) is 9.98 Å². The molecule has 29 heavy (non-hydrogen) atoms. The molecule has 5 N–H and O–H groups in total. The van der Waals surface area contributed by atoms with Crippen LogP contribution in [0.1, 0.15) is 11.5 Å². The average molecular weight is 413 g/mol. The largest absolute Gasteiger partial charge is 0.379 e. The van der Waals surface area contributed by atoms with E-state index in [0.29, 0.717) is 30.4 Å². The summed E-state index contributed by atoms with van der Waals surface area (Å²) in [6, 6.07) is 11.3. The van der Waals surface area contributed by atoms with Crippen molar-refractivity contribution in [3.05, 3.63) is 59.1 Å². The number of rotatable bonds is 8. The highest BCUT2D eigenvalue weighted by molar-refractivity contribution is 6.38. The number of carbonyl (C=O) groups is 1. The standard InChI is InChI=1S/C19H21ClN8O/c20-13-4-3-7-24-16(13)10-25-19(29)18(21)26-12-23-9-8-22-11-17-27-14-5-1-2-6-15(14)28-17/h1-7,12,22H,8-11H2,(H,25,29)(H,27,28)(H2,21,23,26). The number of fused-ring (bicyclic) bond motifs is 1. The maximum absolute atomic E-state index is 11.9. The van der Waals surface area contributed by atoms with E-state index in [-0.39, 0.29) is 12.4 Å². The molecule has 3 rings (SSSR count). The van der Waals surface area contributed by atoms with Crippen molar-refractivity contribution in [2.24, 2.45) is 15.7 Å². The number of hydrogen-bond acceptors (Lipinski definition) is 5. The molecule has 0 aliphatic carbocycles. The van der Waals surface area contributed by atoms with Gasteiger partial charge in [0.15, 0.2) is 5.84 Å². The zero-order valence-electron chi connectivity index (χ0n) is 15.6. The van der Waals surface area contributed by atoms with Gasteiger partial charge in [-0.1, -0.05) is 23.7 Å². The molecule has 0 unspecified atom stereocenters. The molecule has 0 fully saturated rings. The second-order valence-corrected chi connectivity index (χ2v) is 6.44. The highest BCUT2D eigenvalue weighted by atomic mass is 35.5. The summed E-state index contributed by atoms with van der Waals surface area (Å²) in [5.74, 6) is 0.166. The third-order valence-corrected chi connectivity index (χ3v) is 4.25. The molecule has 3 aromatic rings. The summed E-state index contributed by atoms with van der Waals surface area (Å²) in [6.07, 6.45) is 2.87. The average Bonchev–Trinajstić information content (AvgIpc) is 3.15. The molecule has 2 aromatic heterocycles. The topological polar surface area (TPSA) is 133 Å². The Morgan fingerprint density at radius 3 is 2.93 bits per heavy atom. The van der Waals surface area contributed by atoms with Crippen LogP contribution in [0.5, 0.6) is 0 Å². The van der Waals surface area contributed by atoms with E-state index in [2.05, 4.69) is 35.6 Å². The van der Waals surface area contributed by atoms with Gasteiger partial charge >= 0.3 is 0 Å². The van der Waals surface area contributed by atoms with Crippen molar-refractivity contribution in [3.8, 4) is 0 Å². The molecule has 0 atom stereocenters. The van der Waals surface area contributed by atoms with Crippen LogP contribution in [-0.2, 0) is 17.9 Å². The minimum Gasteiger partial charge on any atom is -0.379 e. The first-order chi connectivity index (χ1) is 14.1. The Morgan fingerprint density at radius 1 is 1.24 bits per heavy atom. The van der Waals surface area contributed by atoms with Crippen molar-refractivity contribution in [2.75, 3.05) is 13.1 Å². The van der Waals surface area contributed by atoms with Crippen LogP contribution in [0.25, 0.3) is 11.0 Å². The number of pyridine rings is 1. The number of amidine groups is 1. The lowest BCUT2D eigenvalue weighted by Crippen LogP contribution is -2.36. The molecule has 1 amide bonds. The van der Waals surface area contributed by atoms with Gasteiger partial charge in [-0.2, -0.15) is 0 Å². The van der Waals surface area contributed by atoms with Gasteiger partial charge in [-0.3, -0.25) is 14.8 Å². The number of aromatic amines is 1. The molecule has 150 valence electrons. The lowest BCUT2D eigenvalue weighted by molar-refractivity contribution is -0.115. The van der Waals surface area contributed by atoms with Crippen LogP contribution in [0.4, 0.5) is 0 Å². The minimum absolute atomic E-state index is 0.164. The van der Waals surface area contributed by atoms with Crippen LogP contribution in [0, 0.1) is 0 Å². The van der Waals surface area contributed by atoms with Crippen LogP contribution in [0.3, 0.4) is 0 Å². The van der Waals surface area contributed by atoms with E-state index in [9.17, 15) is 4.79 Å². The van der Waals surface area contributed by atoms with Crippen LogP contribution in [0.15, 0.2) is 52.6 Å². The number of nitrogens with zero attached hydrogens (tertiary/aromatic N) is 4. The molecular weight excluding hydrogens is 392 g/mol. The predicted molar refractivity (Wildman–Crippen MR) is 114 cm³/mol. The lowest BCUT2D eigenvalue weighted by Gasteiger charge is -2.04. The van der Waals surface area contributed by atoms with Gasteiger partial charge in [0.25, 0.3) is 5.91 Å². The number of hydrogen-bond donors (Lipinski definition) is 4. The van der Waals surface area contributed by atoms with Gasteiger partial charge in [0.1, 0.15) is 12.2 Å². The first kappa shape index (κ1) is 20.4. The predicted octanol–water partition coefficient (Wildman–Crippen LogP) is 1.40. The van der Waals surface area contributed by atoms with Crippen molar-refractivity contribution in [1.29, 1.82) is 0 Å².